The quantitative estimate of drug-likeness (QED) is 0.785. The Morgan fingerprint density at radius 1 is 1.31 bits per heavy atom. The van der Waals surface area contributed by atoms with Crippen LogP contribution in [0.2, 0.25) is 0 Å². The molecule has 0 saturated heterocycles. The van der Waals surface area contributed by atoms with E-state index in [0.29, 0.717) is 16.8 Å². The molecule has 0 aliphatic rings. The van der Waals surface area contributed by atoms with E-state index in [1.807, 2.05) is 6.92 Å². The third kappa shape index (κ3) is 1.56. The summed E-state index contributed by atoms with van der Waals surface area (Å²) in [5.41, 5.74) is 2.17. The Hall–Kier alpha value is -1.84. The SMILES string of the molecule is Cc1ccc(F)c(-c2c(C)[nH]n(C)c2=O)c1. The Balaban J connectivity index is 2.77. The van der Waals surface area contributed by atoms with Crippen LogP contribution in [0.25, 0.3) is 11.1 Å². The van der Waals surface area contributed by atoms with Crippen molar-refractivity contribution in [2.24, 2.45) is 7.05 Å². The first-order chi connectivity index (χ1) is 7.50. The summed E-state index contributed by atoms with van der Waals surface area (Å²) in [5.74, 6) is -0.370. The fraction of sp³-hybridized carbons (Fsp3) is 0.250. The van der Waals surface area contributed by atoms with Gasteiger partial charge in [0.05, 0.1) is 5.56 Å². The molecule has 0 atom stereocenters. The van der Waals surface area contributed by atoms with Crippen LogP contribution in [0.1, 0.15) is 11.3 Å². The van der Waals surface area contributed by atoms with Gasteiger partial charge in [0, 0.05) is 18.3 Å². The standard InChI is InChI=1S/C12H13FN2O/c1-7-4-5-10(13)9(6-7)11-8(2)14-15(3)12(11)16/h4-6,14H,1-3H3. The van der Waals surface area contributed by atoms with Crippen molar-refractivity contribution in [1.29, 1.82) is 0 Å². The topological polar surface area (TPSA) is 37.8 Å². The Morgan fingerprint density at radius 2 is 2.00 bits per heavy atom. The van der Waals surface area contributed by atoms with E-state index in [9.17, 15) is 9.18 Å². The largest absolute Gasteiger partial charge is 0.300 e. The third-order valence-corrected chi connectivity index (χ3v) is 2.62. The van der Waals surface area contributed by atoms with Crippen LogP contribution in [0.15, 0.2) is 23.0 Å². The summed E-state index contributed by atoms with van der Waals surface area (Å²) in [7, 11) is 1.62. The molecule has 0 aliphatic heterocycles. The van der Waals surface area contributed by atoms with Gasteiger partial charge in [-0.15, -0.1) is 0 Å². The molecule has 16 heavy (non-hydrogen) atoms. The second-order valence-electron chi connectivity index (χ2n) is 3.96. The van der Waals surface area contributed by atoms with Gasteiger partial charge in [0.15, 0.2) is 0 Å². The molecule has 84 valence electrons. The van der Waals surface area contributed by atoms with Crippen molar-refractivity contribution in [2.45, 2.75) is 13.8 Å². The lowest BCUT2D eigenvalue weighted by molar-refractivity contribution is 0.630. The molecule has 4 heteroatoms. The Kier molecular flexibility index (Phi) is 2.42. The van der Waals surface area contributed by atoms with Gasteiger partial charge in [-0.1, -0.05) is 11.6 Å². The summed E-state index contributed by atoms with van der Waals surface area (Å²) in [6.07, 6.45) is 0. The number of halogens is 1. The number of aromatic amines is 1. The number of benzene rings is 1. The highest BCUT2D eigenvalue weighted by Gasteiger charge is 2.15. The molecule has 0 fully saturated rings. The van der Waals surface area contributed by atoms with Gasteiger partial charge in [-0.05, 0) is 26.0 Å². The molecule has 0 spiro atoms. The van der Waals surface area contributed by atoms with Gasteiger partial charge in [0.2, 0.25) is 0 Å². The average molecular weight is 220 g/mol. The maximum absolute atomic E-state index is 13.7. The molecule has 0 unspecified atom stereocenters. The van der Waals surface area contributed by atoms with Crippen molar-refractivity contribution >= 4 is 0 Å². The number of hydrogen-bond donors (Lipinski definition) is 1. The Morgan fingerprint density at radius 3 is 2.56 bits per heavy atom. The highest BCUT2D eigenvalue weighted by atomic mass is 19.1. The number of aryl methyl sites for hydroxylation is 3. The molecule has 2 rings (SSSR count). The van der Waals surface area contributed by atoms with Crippen molar-refractivity contribution in [3.63, 3.8) is 0 Å². The zero-order valence-corrected chi connectivity index (χ0v) is 9.47. The predicted molar refractivity (Wildman–Crippen MR) is 60.9 cm³/mol. The van der Waals surface area contributed by atoms with Gasteiger partial charge >= 0.3 is 0 Å². The Labute approximate surface area is 92.5 Å². The van der Waals surface area contributed by atoms with E-state index in [1.165, 1.54) is 10.7 Å². The van der Waals surface area contributed by atoms with E-state index >= 15 is 0 Å². The van der Waals surface area contributed by atoms with Gasteiger partial charge in [-0.25, -0.2) is 4.39 Å². The van der Waals surface area contributed by atoms with E-state index in [1.54, 1.807) is 26.1 Å². The Bertz CT molecular complexity index is 596. The van der Waals surface area contributed by atoms with E-state index < -0.39 is 0 Å². The molecular formula is C12H13FN2O. The summed E-state index contributed by atoms with van der Waals surface area (Å²) in [6, 6.07) is 4.76. The zero-order valence-electron chi connectivity index (χ0n) is 9.47. The van der Waals surface area contributed by atoms with Crippen molar-refractivity contribution in [2.75, 3.05) is 0 Å². The van der Waals surface area contributed by atoms with Gasteiger partial charge in [-0.3, -0.25) is 14.6 Å². The average Bonchev–Trinajstić information content (AvgIpc) is 2.46. The fourth-order valence-corrected chi connectivity index (χ4v) is 1.83. The first-order valence-corrected chi connectivity index (χ1v) is 5.03. The van der Waals surface area contributed by atoms with Gasteiger partial charge in [0.25, 0.3) is 5.56 Å². The van der Waals surface area contributed by atoms with Gasteiger partial charge in [-0.2, -0.15) is 0 Å². The van der Waals surface area contributed by atoms with Gasteiger partial charge < -0.3 is 0 Å². The van der Waals surface area contributed by atoms with E-state index in [4.69, 9.17) is 0 Å². The normalized spacial score (nSPS) is 10.8. The second kappa shape index (κ2) is 3.63. The van der Waals surface area contributed by atoms with Crippen LogP contribution in [0, 0.1) is 19.7 Å². The smallest absolute Gasteiger partial charge is 0.274 e. The second-order valence-corrected chi connectivity index (χ2v) is 3.96. The monoisotopic (exact) mass is 220 g/mol. The lowest BCUT2D eigenvalue weighted by Gasteiger charge is -2.02. The number of H-pyrrole nitrogens is 1. The summed E-state index contributed by atoms with van der Waals surface area (Å²) >= 11 is 0. The van der Waals surface area contributed by atoms with E-state index in [2.05, 4.69) is 5.10 Å². The van der Waals surface area contributed by atoms with Crippen LogP contribution in [0.5, 0.6) is 0 Å². The molecule has 0 amide bonds. The lowest BCUT2D eigenvalue weighted by Crippen LogP contribution is -2.13. The summed E-state index contributed by atoms with van der Waals surface area (Å²) in [4.78, 5) is 11.8. The van der Waals surface area contributed by atoms with E-state index in [0.717, 1.165) is 5.56 Å². The first-order valence-electron chi connectivity index (χ1n) is 5.03. The molecule has 2 aromatic rings. The van der Waals surface area contributed by atoms with Crippen molar-refractivity contribution in [1.82, 2.24) is 9.78 Å². The number of rotatable bonds is 1. The van der Waals surface area contributed by atoms with Crippen molar-refractivity contribution in [3.05, 3.63) is 45.6 Å². The number of nitrogens with zero attached hydrogens (tertiary/aromatic N) is 1. The number of hydrogen-bond acceptors (Lipinski definition) is 1. The molecule has 0 saturated carbocycles. The summed E-state index contributed by atoms with van der Waals surface area (Å²) in [6.45, 7) is 3.63. The first kappa shape index (κ1) is 10.7. The highest BCUT2D eigenvalue weighted by molar-refractivity contribution is 5.66. The van der Waals surface area contributed by atoms with Crippen LogP contribution >= 0.6 is 0 Å². The molecule has 0 radical (unpaired) electrons. The third-order valence-electron chi connectivity index (χ3n) is 2.62. The van der Waals surface area contributed by atoms with Crippen molar-refractivity contribution in [3.8, 4) is 11.1 Å². The zero-order chi connectivity index (χ0) is 11.9. The van der Waals surface area contributed by atoms with Crippen LogP contribution in [0.4, 0.5) is 4.39 Å². The molecule has 1 N–H and O–H groups in total. The fourth-order valence-electron chi connectivity index (χ4n) is 1.83. The minimum atomic E-state index is -0.370. The molecule has 1 heterocycles. The maximum atomic E-state index is 13.7. The lowest BCUT2D eigenvalue weighted by atomic mass is 10.0. The summed E-state index contributed by atoms with van der Waals surface area (Å²) < 4.78 is 15.0. The minimum Gasteiger partial charge on any atom is -0.300 e. The summed E-state index contributed by atoms with van der Waals surface area (Å²) in [5, 5.41) is 2.86. The predicted octanol–water partition coefficient (Wildman–Crippen LogP) is 2.14. The van der Waals surface area contributed by atoms with Crippen LogP contribution in [-0.2, 0) is 7.05 Å². The van der Waals surface area contributed by atoms with Crippen LogP contribution in [-0.4, -0.2) is 9.78 Å². The number of nitrogens with one attached hydrogen (secondary N) is 1. The van der Waals surface area contributed by atoms with Crippen LogP contribution < -0.4 is 5.56 Å². The minimum absolute atomic E-state index is 0.206. The molecular weight excluding hydrogens is 207 g/mol. The highest BCUT2D eigenvalue weighted by Crippen LogP contribution is 2.23. The molecule has 0 aliphatic carbocycles. The van der Waals surface area contributed by atoms with Gasteiger partial charge in [0.1, 0.15) is 5.82 Å². The number of aromatic nitrogens is 2. The molecule has 0 bridgehead atoms. The van der Waals surface area contributed by atoms with Crippen LogP contribution in [0.3, 0.4) is 0 Å². The van der Waals surface area contributed by atoms with E-state index in [-0.39, 0.29) is 11.4 Å². The maximum Gasteiger partial charge on any atom is 0.274 e. The van der Waals surface area contributed by atoms with Crippen molar-refractivity contribution < 1.29 is 4.39 Å². The molecule has 1 aromatic carbocycles. The molecule has 1 aromatic heterocycles. The molecule has 3 nitrogen and oxygen atoms in total.